The molecular weight excluding hydrogens is 534 g/mol. The van der Waals surface area contributed by atoms with Crippen molar-refractivity contribution in [2.24, 2.45) is 5.10 Å². The van der Waals surface area contributed by atoms with Crippen LogP contribution < -0.4 is 5.43 Å². The molecule has 2 fully saturated rings. The van der Waals surface area contributed by atoms with Gasteiger partial charge in [0.15, 0.2) is 15.5 Å². The minimum Gasteiger partial charge on any atom is -0.374 e. The summed E-state index contributed by atoms with van der Waals surface area (Å²) in [5, 5.41) is 3.41. The Morgan fingerprint density at radius 1 is 1.25 bits per heavy atom. The monoisotopic (exact) mass is 560 g/mol. The van der Waals surface area contributed by atoms with Crippen LogP contribution >= 0.6 is 0 Å². The molecule has 14 heteroatoms. The number of allylic oxidation sites excluding steroid dienone is 1. The summed E-state index contributed by atoms with van der Waals surface area (Å²) >= 11 is 0. The molecule has 1 aromatic carbocycles. The van der Waals surface area contributed by atoms with Crippen molar-refractivity contribution in [2.75, 3.05) is 18.1 Å². The van der Waals surface area contributed by atoms with E-state index < -0.39 is 64.8 Å². The largest absolute Gasteiger partial charge is 0.435 e. The summed E-state index contributed by atoms with van der Waals surface area (Å²) in [6.07, 6.45) is -10.2. The molecule has 0 amide bonds. The van der Waals surface area contributed by atoms with Crippen molar-refractivity contribution in [1.29, 1.82) is 0 Å². The minimum absolute atomic E-state index is 0.0487. The van der Waals surface area contributed by atoms with E-state index in [1.54, 1.807) is 0 Å². The second-order valence-corrected chi connectivity index (χ2v) is 14.4. The highest BCUT2D eigenvalue weighted by atomic mass is 32.2. The number of ether oxygens (including phenoxy) is 1. The topological polar surface area (TPSA) is 84.8 Å². The van der Waals surface area contributed by atoms with E-state index in [0.29, 0.717) is 6.07 Å². The standard InChI is InChI=1S/C22H26F6N2O4S2/c1-14(9-19(22(26,27)28)30-29-16-12-35(3,31)13-16)18-11-20(2,7-8-34-18)36(32,33)17-6-4-5-15(10-17)21(23,24)25/h4-6,9-10,16,18,29H,3,7-8,11-13H2,1-2H3/b14-9+,30-19+. The third-order valence-corrected chi connectivity index (χ3v) is 10.8. The third kappa shape index (κ3) is 6.25. The molecule has 2 atom stereocenters. The molecule has 1 N–H and O–H groups in total. The lowest BCUT2D eigenvalue weighted by Crippen LogP contribution is -2.49. The van der Waals surface area contributed by atoms with E-state index in [4.69, 9.17) is 4.74 Å². The van der Waals surface area contributed by atoms with Crippen LogP contribution in [0.5, 0.6) is 0 Å². The van der Waals surface area contributed by atoms with Crippen molar-refractivity contribution in [1.82, 2.24) is 5.43 Å². The van der Waals surface area contributed by atoms with Crippen molar-refractivity contribution in [3.05, 3.63) is 41.5 Å². The first kappa shape index (κ1) is 28.5. The van der Waals surface area contributed by atoms with Gasteiger partial charge in [0, 0.05) is 18.1 Å². The van der Waals surface area contributed by atoms with Crippen LogP contribution in [0.15, 0.2) is 45.9 Å². The Morgan fingerprint density at radius 3 is 2.44 bits per heavy atom. The Balaban J connectivity index is 1.85. The van der Waals surface area contributed by atoms with Gasteiger partial charge in [-0.05, 0) is 71.9 Å². The molecule has 2 heterocycles. The molecule has 2 aliphatic rings. The molecule has 36 heavy (non-hydrogen) atoms. The number of halogens is 6. The normalized spacial score (nSPS) is 30.6. The number of sulfone groups is 1. The Morgan fingerprint density at radius 2 is 1.89 bits per heavy atom. The van der Waals surface area contributed by atoms with E-state index in [0.717, 1.165) is 24.3 Å². The maximum Gasteiger partial charge on any atom is 0.435 e. The van der Waals surface area contributed by atoms with Crippen LogP contribution in [0.4, 0.5) is 26.3 Å². The SMILES string of the molecule is C=S1(=O)CC(N/N=C(\C=C(/C)C2CC(C)(S(=O)(=O)c3cccc(C(F)(F)F)c3)CCO2)C(F)(F)F)C1. The summed E-state index contributed by atoms with van der Waals surface area (Å²) in [6.45, 7) is 2.56. The number of nitrogens with one attached hydrogen (secondary N) is 1. The van der Waals surface area contributed by atoms with Crippen LogP contribution in [0.25, 0.3) is 0 Å². The summed E-state index contributed by atoms with van der Waals surface area (Å²) in [5.41, 5.74) is -0.00419. The van der Waals surface area contributed by atoms with Crippen molar-refractivity contribution < 1.29 is 43.7 Å². The molecule has 0 saturated carbocycles. The summed E-state index contributed by atoms with van der Waals surface area (Å²) in [6, 6.07) is 2.86. The van der Waals surface area contributed by atoms with Crippen LogP contribution in [0.1, 0.15) is 32.3 Å². The van der Waals surface area contributed by atoms with Gasteiger partial charge in [0.2, 0.25) is 0 Å². The molecule has 2 unspecified atom stereocenters. The molecule has 0 aliphatic carbocycles. The van der Waals surface area contributed by atoms with Gasteiger partial charge in [0.1, 0.15) is 0 Å². The number of alkyl halides is 6. The van der Waals surface area contributed by atoms with E-state index in [-0.39, 0.29) is 36.5 Å². The summed E-state index contributed by atoms with van der Waals surface area (Å²) in [5.74, 6) is 3.67. The maximum absolute atomic E-state index is 13.6. The van der Waals surface area contributed by atoms with Crippen molar-refractivity contribution >= 4 is 30.9 Å². The van der Waals surface area contributed by atoms with Gasteiger partial charge in [-0.15, -0.1) is 0 Å². The van der Waals surface area contributed by atoms with Crippen LogP contribution in [0, 0.1) is 0 Å². The number of nitrogens with zero attached hydrogens (tertiary/aromatic N) is 1. The number of hydrogen-bond acceptors (Lipinski definition) is 6. The molecule has 0 aromatic heterocycles. The highest BCUT2D eigenvalue weighted by Crippen LogP contribution is 2.40. The highest BCUT2D eigenvalue weighted by Gasteiger charge is 2.46. The van der Waals surface area contributed by atoms with Gasteiger partial charge >= 0.3 is 12.4 Å². The summed E-state index contributed by atoms with van der Waals surface area (Å²) < 4.78 is 122. The Hall–Kier alpha value is -2.06. The fraction of sp³-hybridized carbons (Fsp3) is 0.545. The average Bonchev–Trinajstić information content (AvgIpc) is 2.73. The first-order valence-electron chi connectivity index (χ1n) is 10.8. The van der Waals surface area contributed by atoms with E-state index in [9.17, 15) is 39.0 Å². The number of benzene rings is 1. The number of rotatable bonds is 6. The van der Waals surface area contributed by atoms with Crippen LogP contribution in [-0.2, 0) is 30.3 Å². The second kappa shape index (κ2) is 9.67. The molecular formula is C22H26F6N2O4S2. The highest BCUT2D eigenvalue weighted by molar-refractivity contribution is 8.01. The minimum atomic E-state index is -4.84. The Bertz CT molecular complexity index is 1260. The van der Waals surface area contributed by atoms with Gasteiger partial charge in [-0.1, -0.05) is 6.07 Å². The molecule has 0 bridgehead atoms. The molecule has 0 spiro atoms. The molecule has 2 aliphatic heterocycles. The van der Waals surface area contributed by atoms with Crippen molar-refractivity contribution in [2.45, 2.75) is 60.8 Å². The zero-order valence-electron chi connectivity index (χ0n) is 19.4. The molecule has 0 radical (unpaired) electrons. The lowest BCUT2D eigenvalue weighted by molar-refractivity contribution is -0.137. The fourth-order valence-electron chi connectivity index (χ4n) is 4.04. The van der Waals surface area contributed by atoms with Gasteiger partial charge in [0.05, 0.1) is 27.4 Å². The van der Waals surface area contributed by atoms with Gasteiger partial charge in [-0.2, -0.15) is 31.4 Å². The van der Waals surface area contributed by atoms with Crippen LogP contribution in [0.3, 0.4) is 0 Å². The fourth-order valence-corrected chi connectivity index (χ4v) is 7.39. The van der Waals surface area contributed by atoms with Gasteiger partial charge in [0.25, 0.3) is 0 Å². The van der Waals surface area contributed by atoms with Crippen LogP contribution in [-0.4, -0.2) is 65.4 Å². The zero-order valence-corrected chi connectivity index (χ0v) is 21.1. The lowest BCUT2D eigenvalue weighted by atomic mass is 9.92. The van der Waals surface area contributed by atoms with E-state index in [2.05, 4.69) is 16.4 Å². The van der Waals surface area contributed by atoms with E-state index >= 15 is 0 Å². The lowest BCUT2D eigenvalue weighted by Gasteiger charge is -2.38. The smallest absolute Gasteiger partial charge is 0.374 e. The van der Waals surface area contributed by atoms with Crippen LogP contribution in [0.2, 0.25) is 0 Å². The molecule has 2 saturated heterocycles. The molecule has 1 aromatic rings. The molecule has 202 valence electrons. The predicted molar refractivity (Wildman–Crippen MR) is 125 cm³/mol. The van der Waals surface area contributed by atoms with Gasteiger partial charge in [-0.25, -0.2) is 8.42 Å². The first-order chi connectivity index (χ1) is 16.3. The van der Waals surface area contributed by atoms with E-state index in [1.165, 1.54) is 13.8 Å². The van der Waals surface area contributed by atoms with Crippen molar-refractivity contribution in [3.8, 4) is 0 Å². The molecule has 6 nitrogen and oxygen atoms in total. The number of hydrazone groups is 1. The quantitative estimate of drug-likeness (QED) is 0.246. The van der Waals surface area contributed by atoms with Gasteiger partial charge < -0.3 is 10.2 Å². The molecule has 3 rings (SSSR count). The number of hydrogen-bond donors (Lipinski definition) is 1. The summed E-state index contributed by atoms with van der Waals surface area (Å²) in [4.78, 5) is -0.522. The zero-order chi connectivity index (χ0) is 27.2. The summed E-state index contributed by atoms with van der Waals surface area (Å²) in [7, 11) is -6.58. The maximum atomic E-state index is 13.6. The van der Waals surface area contributed by atoms with E-state index in [1.807, 2.05) is 0 Å². The Labute approximate surface area is 205 Å². The predicted octanol–water partition coefficient (Wildman–Crippen LogP) is 3.97. The van der Waals surface area contributed by atoms with Crippen molar-refractivity contribution in [3.63, 3.8) is 0 Å². The first-order valence-corrected chi connectivity index (χ1v) is 14.3. The van der Waals surface area contributed by atoms with Gasteiger partial charge in [-0.3, -0.25) is 4.21 Å². The average molecular weight is 561 g/mol. The Kier molecular flexibility index (Phi) is 7.66. The second-order valence-electron chi connectivity index (χ2n) is 9.30. The third-order valence-electron chi connectivity index (χ3n) is 6.23.